The Labute approximate surface area is 195 Å². The number of nitrogens with one attached hydrogen (secondary N) is 2. The Morgan fingerprint density at radius 3 is 2.76 bits per heavy atom. The van der Waals surface area contributed by atoms with Crippen LogP contribution in [0.1, 0.15) is 43.9 Å². The molecule has 33 heavy (non-hydrogen) atoms. The Bertz CT molecular complexity index is 1190. The summed E-state index contributed by atoms with van der Waals surface area (Å²) in [5.41, 5.74) is 2.75. The largest absolute Gasteiger partial charge is 0.365 e. The molecule has 1 aromatic carbocycles. The van der Waals surface area contributed by atoms with Gasteiger partial charge in [-0.05, 0) is 51.9 Å². The van der Waals surface area contributed by atoms with Crippen molar-refractivity contribution in [2.24, 2.45) is 0 Å². The van der Waals surface area contributed by atoms with Crippen LogP contribution in [0.2, 0.25) is 0 Å². The first-order chi connectivity index (χ1) is 16.0. The molecule has 2 aliphatic rings. The molecule has 0 radical (unpaired) electrons. The van der Waals surface area contributed by atoms with Gasteiger partial charge in [0.1, 0.15) is 11.5 Å². The van der Waals surface area contributed by atoms with Crippen molar-refractivity contribution in [2.45, 2.75) is 38.6 Å². The van der Waals surface area contributed by atoms with Gasteiger partial charge in [0.05, 0.1) is 11.9 Å². The van der Waals surface area contributed by atoms with Crippen LogP contribution in [0.3, 0.4) is 0 Å². The molecule has 1 saturated heterocycles. The highest BCUT2D eigenvalue weighted by Crippen LogP contribution is 2.35. The van der Waals surface area contributed by atoms with Crippen molar-refractivity contribution in [3.8, 4) is 11.3 Å². The average Bonchev–Trinajstić information content (AvgIpc) is 3.29. The van der Waals surface area contributed by atoms with Crippen LogP contribution in [-0.4, -0.2) is 40.6 Å². The van der Waals surface area contributed by atoms with Crippen molar-refractivity contribution in [1.29, 1.82) is 0 Å². The van der Waals surface area contributed by atoms with Crippen molar-refractivity contribution in [2.75, 3.05) is 29.9 Å². The quantitative estimate of drug-likeness (QED) is 0.528. The van der Waals surface area contributed by atoms with Gasteiger partial charge in [0.25, 0.3) is 0 Å². The van der Waals surface area contributed by atoms with E-state index in [0.717, 1.165) is 43.5 Å². The molecule has 0 bridgehead atoms. The minimum absolute atomic E-state index is 0.0580. The molecule has 2 aliphatic heterocycles. The monoisotopic (exact) mass is 468 g/mol. The van der Waals surface area contributed by atoms with E-state index in [9.17, 15) is 8.78 Å². The lowest BCUT2D eigenvalue weighted by molar-refractivity contribution is 0.455. The molecular weight excluding hydrogens is 442 g/mol. The van der Waals surface area contributed by atoms with Gasteiger partial charge in [-0.3, -0.25) is 0 Å². The molecule has 6 nitrogen and oxygen atoms in total. The minimum atomic E-state index is -0.600. The summed E-state index contributed by atoms with van der Waals surface area (Å²) in [6.07, 6.45) is 6.95. The number of benzene rings is 1. The third-order valence-corrected chi connectivity index (χ3v) is 6.92. The molecule has 4 heterocycles. The Kier molecular flexibility index (Phi) is 6.07. The Hall–Kier alpha value is -2.91. The summed E-state index contributed by atoms with van der Waals surface area (Å²) >= 11 is 1.48. The van der Waals surface area contributed by atoms with Crippen LogP contribution in [0.25, 0.3) is 17.3 Å². The molecule has 9 heteroatoms. The van der Waals surface area contributed by atoms with Crippen molar-refractivity contribution in [1.82, 2.24) is 20.3 Å². The standard InChI is InChI=1S/C24H26F2N6S/c1-14(2)32-9-3-4-17-18(25)10-16(11-21(17)32)22-19(26)12-28-23(30-22)31-24-29-20(13-33-24)15-5-7-27-8-6-15/h3-4,10-15,27H,5-9H2,1-2H3,(H,28,29,30,31). The molecule has 1 fully saturated rings. The number of nitrogens with zero attached hydrogens (tertiary/aromatic N) is 4. The number of rotatable bonds is 5. The third kappa shape index (κ3) is 4.47. The van der Waals surface area contributed by atoms with Crippen LogP contribution in [0.15, 0.2) is 29.8 Å². The van der Waals surface area contributed by atoms with E-state index in [-0.39, 0.29) is 17.7 Å². The summed E-state index contributed by atoms with van der Waals surface area (Å²) < 4.78 is 29.7. The molecule has 0 atom stereocenters. The highest BCUT2D eigenvalue weighted by Gasteiger charge is 2.22. The number of thiazole rings is 1. The summed E-state index contributed by atoms with van der Waals surface area (Å²) in [7, 11) is 0. The molecule has 0 saturated carbocycles. The Morgan fingerprint density at radius 1 is 1.15 bits per heavy atom. The third-order valence-electron chi connectivity index (χ3n) is 6.14. The fraction of sp³-hybridized carbons (Fsp3) is 0.375. The zero-order chi connectivity index (χ0) is 22.9. The number of aromatic nitrogens is 3. The van der Waals surface area contributed by atoms with Gasteiger partial charge in [-0.25, -0.2) is 23.7 Å². The summed E-state index contributed by atoms with van der Waals surface area (Å²) in [5.74, 6) is -0.324. The van der Waals surface area contributed by atoms with Gasteiger partial charge in [-0.1, -0.05) is 12.2 Å². The molecule has 3 aromatic rings. The summed E-state index contributed by atoms with van der Waals surface area (Å²) in [6.45, 7) is 6.77. The number of piperidine rings is 1. The molecular formula is C24H26F2N6S. The van der Waals surface area contributed by atoms with Gasteiger partial charge >= 0.3 is 0 Å². The van der Waals surface area contributed by atoms with Crippen molar-refractivity contribution in [3.05, 3.63) is 52.7 Å². The van der Waals surface area contributed by atoms with Crippen LogP contribution < -0.4 is 15.5 Å². The zero-order valence-electron chi connectivity index (χ0n) is 18.6. The fourth-order valence-corrected chi connectivity index (χ4v) is 5.17. The van der Waals surface area contributed by atoms with Gasteiger partial charge in [0, 0.05) is 40.7 Å². The number of anilines is 3. The van der Waals surface area contributed by atoms with Gasteiger partial charge in [0.2, 0.25) is 5.95 Å². The lowest BCUT2D eigenvalue weighted by Crippen LogP contribution is -2.33. The van der Waals surface area contributed by atoms with Crippen molar-refractivity contribution in [3.63, 3.8) is 0 Å². The predicted molar refractivity (Wildman–Crippen MR) is 129 cm³/mol. The second-order valence-corrected chi connectivity index (χ2v) is 9.51. The van der Waals surface area contributed by atoms with Gasteiger partial charge in [-0.2, -0.15) is 0 Å². The minimum Gasteiger partial charge on any atom is -0.365 e. The SMILES string of the molecule is CC(C)N1CC=Cc2c(F)cc(-c3nc(Nc4nc(C5CCNCC5)cs4)ncc3F)cc21. The van der Waals surface area contributed by atoms with Crippen LogP contribution in [0.4, 0.5) is 25.5 Å². The van der Waals surface area contributed by atoms with E-state index in [0.29, 0.717) is 28.7 Å². The van der Waals surface area contributed by atoms with Gasteiger partial charge in [-0.15, -0.1) is 11.3 Å². The van der Waals surface area contributed by atoms with Gasteiger partial charge < -0.3 is 15.5 Å². The maximum absolute atomic E-state index is 14.9. The molecule has 0 amide bonds. The first kappa shape index (κ1) is 21.9. The lowest BCUT2D eigenvalue weighted by Gasteiger charge is -2.32. The smallest absolute Gasteiger partial charge is 0.229 e. The van der Waals surface area contributed by atoms with Crippen molar-refractivity contribution >= 4 is 34.2 Å². The number of hydrogen-bond acceptors (Lipinski definition) is 7. The number of hydrogen-bond donors (Lipinski definition) is 2. The second-order valence-electron chi connectivity index (χ2n) is 8.66. The first-order valence-corrected chi connectivity index (χ1v) is 12.1. The molecule has 2 aromatic heterocycles. The van der Waals surface area contributed by atoms with E-state index in [2.05, 4.69) is 35.9 Å². The molecule has 172 valence electrons. The molecule has 2 N–H and O–H groups in total. The van der Waals surface area contributed by atoms with Crippen LogP contribution in [0.5, 0.6) is 0 Å². The fourth-order valence-electron chi connectivity index (χ4n) is 4.39. The second kappa shape index (κ2) is 9.15. The zero-order valence-corrected chi connectivity index (χ0v) is 19.4. The first-order valence-electron chi connectivity index (χ1n) is 11.2. The van der Waals surface area contributed by atoms with E-state index in [1.165, 1.54) is 17.4 Å². The van der Waals surface area contributed by atoms with Crippen LogP contribution in [-0.2, 0) is 0 Å². The van der Waals surface area contributed by atoms with E-state index < -0.39 is 11.6 Å². The lowest BCUT2D eigenvalue weighted by atomic mass is 9.96. The summed E-state index contributed by atoms with van der Waals surface area (Å²) in [4.78, 5) is 15.2. The summed E-state index contributed by atoms with van der Waals surface area (Å²) in [5, 5.41) is 9.17. The average molecular weight is 469 g/mol. The van der Waals surface area contributed by atoms with Gasteiger partial charge in [0.15, 0.2) is 10.9 Å². The summed E-state index contributed by atoms with van der Waals surface area (Å²) in [6, 6.07) is 3.31. The van der Waals surface area contributed by atoms with E-state index in [1.807, 2.05) is 19.9 Å². The highest BCUT2D eigenvalue weighted by molar-refractivity contribution is 7.13. The highest BCUT2D eigenvalue weighted by atomic mass is 32.1. The van der Waals surface area contributed by atoms with Crippen LogP contribution >= 0.6 is 11.3 Å². The predicted octanol–water partition coefficient (Wildman–Crippen LogP) is 5.33. The van der Waals surface area contributed by atoms with E-state index in [4.69, 9.17) is 0 Å². The normalized spacial score (nSPS) is 16.3. The number of halogens is 2. The van der Waals surface area contributed by atoms with Crippen LogP contribution in [0, 0.1) is 11.6 Å². The molecule has 0 spiro atoms. The molecule has 0 unspecified atom stereocenters. The van der Waals surface area contributed by atoms with Crippen molar-refractivity contribution < 1.29 is 8.78 Å². The maximum atomic E-state index is 14.9. The van der Waals surface area contributed by atoms with E-state index in [1.54, 1.807) is 12.1 Å². The maximum Gasteiger partial charge on any atom is 0.229 e. The molecule has 5 rings (SSSR count). The molecule has 0 aliphatic carbocycles. The Balaban J connectivity index is 1.44. The number of fused-ring (bicyclic) bond motifs is 1. The van der Waals surface area contributed by atoms with E-state index >= 15 is 0 Å². The topological polar surface area (TPSA) is 66.0 Å². The Morgan fingerprint density at radius 2 is 1.97 bits per heavy atom.